The predicted octanol–water partition coefficient (Wildman–Crippen LogP) is -0.217. The van der Waals surface area contributed by atoms with E-state index in [1.807, 2.05) is 13.8 Å². The first-order valence-electron chi connectivity index (χ1n) is 5.27. The standard InChI is InChI=1S/C9H18N6O/c1-6(2)5-10-8(16)7(3)11-9-12-13-14-15(9)4/h6-7H,5H2,1-4H3,(H,10,16)(H,11,12,14). The van der Waals surface area contributed by atoms with Gasteiger partial charge >= 0.3 is 0 Å². The maximum absolute atomic E-state index is 11.6. The Morgan fingerprint density at radius 1 is 1.44 bits per heavy atom. The van der Waals surface area contributed by atoms with Crippen LogP contribution in [0.4, 0.5) is 5.95 Å². The van der Waals surface area contributed by atoms with Gasteiger partial charge in [-0.05, 0) is 23.3 Å². The lowest BCUT2D eigenvalue weighted by Gasteiger charge is -2.14. The maximum Gasteiger partial charge on any atom is 0.243 e. The summed E-state index contributed by atoms with van der Waals surface area (Å²) in [5.41, 5.74) is 0. The summed E-state index contributed by atoms with van der Waals surface area (Å²) in [6.07, 6.45) is 0. The average molecular weight is 226 g/mol. The van der Waals surface area contributed by atoms with Gasteiger partial charge in [-0.3, -0.25) is 4.79 Å². The summed E-state index contributed by atoms with van der Waals surface area (Å²) in [5.74, 6) is 0.858. The molecule has 2 N–H and O–H groups in total. The van der Waals surface area contributed by atoms with Crippen molar-refractivity contribution in [2.45, 2.75) is 26.8 Å². The highest BCUT2D eigenvalue weighted by Crippen LogP contribution is 1.99. The largest absolute Gasteiger partial charge is 0.354 e. The van der Waals surface area contributed by atoms with Crippen LogP contribution in [0, 0.1) is 5.92 Å². The highest BCUT2D eigenvalue weighted by Gasteiger charge is 2.14. The number of aromatic nitrogens is 4. The Morgan fingerprint density at radius 3 is 2.62 bits per heavy atom. The zero-order valence-electron chi connectivity index (χ0n) is 10.1. The number of aryl methyl sites for hydroxylation is 1. The first-order chi connectivity index (χ1) is 7.50. The van der Waals surface area contributed by atoms with Crippen LogP contribution >= 0.6 is 0 Å². The van der Waals surface area contributed by atoms with Crippen molar-refractivity contribution in [3.8, 4) is 0 Å². The van der Waals surface area contributed by atoms with Crippen molar-refractivity contribution in [2.75, 3.05) is 11.9 Å². The summed E-state index contributed by atoms with van der Waals surface area (Å²) in [6, 6.07) is -0.358. The molecular formula is C9H18N6O. The van der Waals surface area contributed by atoms with Gasteiger partial charge in [0.1, 0.15) is 6.04 Å². The smallest absolute Gasteiger partial charge is 0.243 e. The SMILES string of the molecule is CC(C)CNC(=O)C(C)Nc1nnnn1C. The van der Waals surface area contributed by atoms with Gasteiger partial charge in [-0.1, -0.05) is 18.9 Å². The normalized spacial score (nSPS) is 12.6. The number of hydrogen-bond acceptors (Lipinski definition) is 5. The van der Waals surface area contributed by atoms with Crippen molar-refractivity contribution in [1.82, 2.24) is 25.5 Å². The molecule has 0 aliphatic carbocycles. The van der Waals surface area contributed by atoms with E-state index in [1.54, 1.807) is 14.0 Å². The minimum Gasteiger partial charge on any atom is -0.354 e. The molecule has 0 spiro atoms. The van der Waals surface area contributed by atoms with E-state index in [9.17, 15) is 4.79 Å². The van der Waals surface area contributed by atoms with E-state index in [1.165, 1.54) is 4.68 Å². The molecule has 1 atom stereocenters. The van der Waals surface area contributed by atoms with Gasteiger partial charge in [0.2, 0.25) is 11.9 Å². The second-order valence-electron chi connectivity index (χ2n) is 4.13. The summed E-state index contributed by atoms with van der Waals surface area (Å²) in [4.78, 5) is 11.6. The molecule has 1 aromatic rings. The third-order valence-electron chi connectivity index (χ3n) is 2.04. The Hall–Kier alpha value is -1.66. The van der Waals surface area contributed by atoms with Crippen molar-refractivity contribution in [3.05, 3.63) is 0 Å². The zero-order valence-corrected chi connectivity index (χ0v) is 10.1. The van der Waals surface area contributed by atoms with Gasteiger partial charge in [-0.2, -0.15) is 0 Å². The molecule has 0 aliphatic heterocycles. The fraction of sp³-hybridized carbons (Fsp3) is 0.778. The highest BCUT2D eigenvalue weighted by molar-refractivity contribution is 5.83. The minimum absolute atomic E-state index is 0.0586. The summed E-state index contributed by atoms with van der Waals surface area (Å²) in [7, 11) is 1.71. The summed E-state index contributed by atoms with van der Waals surface area (Å²) in [5, 5.41) is 16.6. The van der Waals surface area contributed by atoms with Crippen LogP contribution in [0.5, 0.6) is 0 Å². The maximum atomic E-state index is 11.6. The van der Waals surface area contributed by atoms with E-state index in [-0.39, 0.29) is 11.9 Å². The molecule has 1 heterocycles. The Morgan fingerprint density at radius 2 is 2.12 bits per heavy atom. The quantitative estimate of drug-likeness (QED) is 0.725. The lowest BCUT2D eigenvalue weighted by molar-refractivity contribution is -0.121. The van der Waals surface area contributed by atoms with Gasteiger partial charge in [0.25, 0.3) is 0 Å². The van der Waals surface area contributed by atoms with Crippen LogP contribution in [-0.4, -0.2) is 38.7 Å². The third-order valence-corrected chi connectivity index (χ3v) is 2.04. The molecule has 0 aromatic carbocycles. The monoisotopic (exact) mass is 226 g/mol. The van der Waals surface area contributed by atoms with Crippen molar-refractivity contribution < 1.29 is 4.79 Å². The van der Waals surface area contributed by atoms with Crippen LogP contribution in [0.3, 0.4) is 0 Å². The van der Waals surface area contributed by atoms with Crippen molar-refractivity contribution in [1.29, 1.82) is 0 Å². The van der Waals surface area contributed by atoms with Crippen molar-refractivity contribution in [2.24, 2.45) is 13.0 Å². The number of nitrogens with zero attached hydrogens (tertiary/aromatic N) is 4. The summed E-state index contributed by atoms with van der Waals surface area (Å²) in [6.45, 7) is 6.53. The highest BCUT2D eigenvalue weighted by atomic mass is 16.2. The molecule has 7 nitrogen and oxygen atoms in total. The number of anilines is 1. The third kappa shape index (κ3) is 3.48. The Kier molecular flexibility index (Phi) is 4.21. The molecule has 1 amide bonds. The van der Waals surface area contributed by atoms with Crippen LogP contribution in [0.15, 0.2) is 0 Å². The van der Waals surface area contributed by atoms with E-state index in [2.05, 4.69) is 26.2 Å². The predicted molar refractivity (Wildman–Crippen MR) is 59.7 cm³/mol. The lowest BCUT2D eigenvalue weighted by Crippen LogP contribution is -2.39. The fourth-order valence-corrected chi connectivity index (χ4v) is 1.07. The molecule has 1 unspecified atom stereocenters. The molecule has 16 heavy (non-hydrogen) atoms. The summed E-state index contributed by atoms with van der Waals surface area (Å²) < 4.78 is 1.48. The van der Waals surface area contributed by atoms with Crippen LogP contribution in [0.2, 0.25) is 0 Å². The molecule has 0 saturated heterocycles. The average Bonchev–Trinajstić information content (AvgIpc) is 2.60. The van der Waals surface area contributed by atoms with E-state index in [4.69, 9.17) is 0 Å². The number of hydrogen-bond donors (Lipinski definition) is 2. The second-order valence-corrected chi connectivity index (χ2v) is 4.13. The molecule has 0 aliphatic rings. The zero-order chi connectivity index (χ0) is 12.1. The lowest BCUT2D eigenvalue weighted by atomic mass is 10.2. The first-order valence-corrected chi connectivity index (χ1v) is 5.27. The van der Waals surface area contributed by atoms with Crippen molar-refractivity contribution in [3.63, 3.8) is 0 Å². The van der Waals surface area contributed by atoms with Gasteiger partial charge in [-0.25, -0.2) is 4.68 Å². The number of rotatable bonds is 5. The molecular weight excluding hydrogens is 208 g/mol. The van der Waals surface area contributed by atoms with Crippen LogP contribution in [-0.2, 0) is 11.8 Å². The van der Waals surface area contributed by atoms with Gasteiger partial charge in [0.05, 0.1) is 0 Å². The Bertz CT molecular complexity index is 348. The topological polar surface area (TPSA) is 84.7 Å². The molecule has 0 bridgehead atoms. The van der Waals surface area contributed by atoms with E-state index in [0.717, 1.165) is 0 Å². The number of carbonyl (C=O) groups is 1. The Labute approximate surface area is 94.6 Å². The fourth-order valence-electron chi connectivity index (χ4n) is 1.07. The van der Waals surface area contributed by atoms with E-state index < -0.39 is 0 Å². The molecule has 1 rings (SSSR count). The Balaban J connectivity index is 2.43. The first kappa shape index (κ1) is 12.4. The van der Waals surface area contributed by atoms with E-state index >= 15 is 0 Å². The van der Waals surface area contributed by atoms with Gasteiger partial charge in [-0.15, -0.1) is 0 Å². The number of tetrazole rings is 1. The molecule has 0 fully saturated rings. The van der Waals surface area contributed by atoms with Crippen LogP contribution in [0.1, 0.15) is 20.8 Å². The van der Waals surface area contributed by atoms with Crippen molar-refractivity contribution >= 4 is 11.9 Å². The molecule has 0 radical (unpaired) electrons. The molecule has 1 aromatic heterocycles. The number of nitrogens with one attached hydrogen (secondary N) is 2. The molecule has 7 heteroatoms. The van der Waals surface area contributed by atoms with Crippen LogP contribution < -0.4 is 10.6 Å². The van der Waals surface area contributed by atoms with Gasteiger partial charge in [0, 0.05) is 13.6 Å². The molecule has 0 saturated carbocycles. The van der Waals surface area contributed by atoms with Gasteiger partial charge < -0.3 is 10.6 Å². The minimum atomic E-state index is -0.358. The number of carbonyl (C=O) groups excluding carboxylic acids is 1. The summed E-state index contributed by atoms with van der Waals surface area (Å²) >= 11 is 0. The van der Waals surface area contributed by atoms with E-state index in [0.29, 0.717) is 18.4 Å². The second kappa shape index (κ2) is 5.43. The number of amides is 1. The van der Waals surface area contributed by atoms with Gasteiger partial charge in [0.15, 0.2) is 0 Å². The molecule has 90 valence electrons. The van der Waals surface area contributed by atoms with Crippen LogP contribution in [0.25, 0.3) is 0 Å².